The van der Waals surface area contributed by atoms with Crippen LogP contribution in [0.4, 0.5) is 0 Å². The van der Waals surface area contributed by atoms with Gasteiger partial charge in [-0.1, -0.05) is 6.07 Å². The van der Waals surface area contributed by atoms with Crippen LogP contribution in [0.25, 0.3) is 0 Å². The van der Waals surface area contributed by atoms with Gasteiger partial charge < -0.3 is 20.1 Å². The van der Waals surface area contributed by atoms with E-state index in [4.69, 9.17) is 15.2 Å². The lowest BCUT2D eigenvalue weighted by molar-refractivity contribution is 0.0678. The largest absolute Gasteiger partial charge is 0.491 e. The number of amides is 1. The van der Waals surface area contributed by atoms with E-state index in [0.717, 1.165) is 38.2 Å². The van der Waals surface area contributed by atoms with E-state index >= 15 is 0 Å². The second-order valence-corrected chi connectivity index (χ2v) is 5.77. The van der Waals surface area contributed by atoms with Gasteiger partial charge in [-0.3, -0.25) is 4.79 Å². The van der Waals surface area contributed by atoms with Crippen molar-refractivity contribution in [3.8, 4) is 5.75 Å². The number of hydrogen-bond acceptors (Lipinski definition) is 4. The summed E-state index contributed by atoms with van der Waals surface area (Å²) in [5.41, 5.74) is 6.52. The third-order valence-electron chi connectivity index (χ3n) is 4.05. The molecule has 3 rings (SSSR count). The molecule has 5 nitrogen and oxygen atoms in total. The summed E-state index contributed by atoms with van der Waals surface area (Å²) < 4.78 is 11.3. The Morgan fingerprint density at radius 3 is 3.05 bits per heavy atom. The molecule has 0 bridgehead atoms. The normalized spacial score (nSPS) is 25.3. The Morgan fingerprint density at radius 2 is 2.33 bits per heavy atom. The van der Waals surface area contributed by atoms with Crippen molar-refractivity contribution in [1.82, 2.24) is 4.90 Å². The van der Waals surface area contributed by atoms with Gasteiger partial charge in [-0.15, -0.1) is 0 Å². The van der Waals surface area contributed by atoms with E-state index < -0.39 is 0 Å². The average molecular weight is 290 g/mol. The fourth-order valence-electron chi connectivity index (χ4n) is 2.84. The molecule has 2 aliphatic heterocycles. The molecule has 1 amide bonds. The molecule has 0 spiro atoms. The standard InChI is InChI=1S/C16H22N2O3/c17-13-6-7-18(10-13)16(19)12-3-1-4-14(9-12)21-11-15-5-2-8-20-15/h1,3-4,9,13,15H,2,5-8,10-11,17H2/t13-,15?/m0/s1. The Balaban J connectivity index is 1.60. The number of benzene rings is 1. The molecule has 0 saturated carbocycles. The van der Waals surface area contributed by atoms with Crippen molar-refractivity contribution in [3.05, 3.63) is 29.8 Å². The van der Waals surface area contributed by atoms with Crippen LogP contribution in [0, 0.1) is 0 Å². The first-order chi connectivity index (χ1) is 10.2. The molecule has 21 heavy (non-hydrogen) atoms. The van der Waals surface area contributed by atoms with Crippen LogP contribution in [0.3, 0.4) is 0 Å². The summed E-state index contributed by atoms with van der Waals surface area (Å²) in [6.07, 6.45) is 3.20. The lowest BCUT2D eigenvalue weighted by atomic mass is 10.2. The van der Waals surface area contributed by atoms with E-state index in [1.807, 2.05) is 23.1 Å². The molecule has 0 radical (unpaired) electrons. The zero-order chi connectivity index (χ0) is 14.7. The lowest BCUT2D eigenvalue weighted by Crippen LogP contribution is -2.31. The lowest BCUT2D eigenvalue weighted by Gasteiger charge is -2.17. The molecule has 114 valence electrons. The zero-order valence-electron chi connectivity index (χ0n) is 12.2. The van der Waals surface area contributed by atoms with Crippen LogP contribution >= 0.6 is 0 Å². The highest BCUT2D eigenvalue weighted by Gasteiger charge is 2.24. The molecule has 2 fully saturated rings. The number of likely N-dealkylation sites (tertiary alicyclic amines) is 1. The number of ether oxygens (including phenoxy) is 2. The summed E-state index contributed by atoms with van der Waals surface area (Å²) in [7, 11) is 0. The minimum atomic E-state index is 0.0329. The van der Waals surface area contributed by atoms with Gasteiger partial charge in [-0.25, -0.2) is 0 Å². The van der Waals surface area contributed by atoms with E-state index in [-0.39, 0.29) is 18.1 Å². The minimum Gasteiger partial charge on any atom is -0.491 e. The third-order valence-corrected chi connectivity index (χ3v) is 4.05. The molecule has 0 aromatic heterocycles. The van der Waals surface area contributed by atoms with Crippen LogP contribution in [0.2, 0.25) is 0 Å². The van der Waals surface area contributed by atoms with E-state index in [1.165, 1.54) is 0 Å². The van der Waals surface area contributed by atoms with Gasteiger partial charge >= 0.3 is 0 Å². The quantitative estimate of drug-likeness (QED) is 0.911. The first kappa shape index (κ1) is 14.4. The number of carbonyl (C=O) groups is 1. The summed E-state index contributed by atoms with van der Waals surface area (Å²) in [6.45, 7) is 2.74. The summed E-state index contributed by atoms with van der Waals surface area (Å²) in [6, 6.07) is 7.47. The highest BCUT2D eigenvalue weighted by Crippen LogP contribution is 2.19. The van der Waals surface area contributed by atoms with Crippen molar-refractivity contribution in [2.45, 2.75) is 31.4 Å². The Labute approximate surface area is 125 Å². The Morgan fingerprint density at radius 1 is 1.43 bits per heavy atom. The van der Waals surface area contributed by atoms with Crippen LogP contribution in [0.1, 0.15) is 29.6 Å². The zero-order valence-corrected chi connectivity index (χ0v) is 12.2. The van der Waals surface area contributed by atoms with Crippen molar-refractivity contribution in [2.24, 2.45) is 5.73 Å². The van der Waals surface area contributed by atoms with Crippen LogP contribution in [-0.2, 0) is 4.74 Å². The molecule has 2 saturated heterocycles. The number of nitrogens with two attached hydrogens (primary N) is 1. The van der Waals surface area contributed by atoms with Crippen LogP contribution in [0.5, 0.6) is 5.75 Å². The van der Waals surface area contributed by atoms with E-state index in [1.54, 1.807) is 6.07 Å². The Kier molecular flexibility index (Phi) is 4.41. The number of carbonyl (C=O) groups excluding carboxylic acids is 1. The molecule has 2 N–H and O–H groups in total. The maximum atomic E-state index is 12.4. The first-order valence-corrected chi connectivity index (χ1v) is 7.62. The fourth-order valence-corrected chi connectivity index (χ4v) is 2.84. The van der Waals surface area contributed by atoms with Crippen molar-refractivity contribution in [1.29, 1.82) is 0 Å². The maximum absolute atomic E-state index is 12.4. The SMILES string of the molecule is N[C@H]1CCN(C(=O)c2cccc(OCC3CCCO3)c2)C1. The summed E-state index contributed by atoms with van der Waals surface area (Å²) in [5, 5.41) is 0. The molecular formula is C16H22N2O3. The monoisotopic (exact) mass is 290 g/mol. The fraction of sp³-hybridized carbons (Fsp3) is 0.562. The molecule has 0 aliphatic carbocycles. The van der Waals surface area contributed by atoms with Crippen molar-refractivity contribution in [2.75, 3.05) is 26.3 Å². The number of nitrogens with zero attached hydrogens (tertiary/aromatic N) is 1. The van der Waals surface area contributed by atoms with Crippen LogP contribution < -0.4 is 10.5 Å². The van der Waals surface area contributed by atoms with Crippen molar-refractivity contribution < 1.29 is 14.3 Å². The third kappa shape index (κ3) is 3.54. The topological polar surface area (TPSA) is 64.8 Å². The van der Waals surface area contributed by atoms with Crippen LogP contribution in [-0.4, -0.2) is 49.3 Å². The van der Waals surface area contributed by atoms with Crippen molar-refractivity contribution in [3.63, 3.8) is 0 Å². The second kappa shape index (κ2) is 6.45. The van der Waals surface area contributed by atoms with Gasteiger partial charge in [0.1, 0.15) is 12.4 Å². The number of rotatable bonds is 4. The summed E-state index contributed by atoms with van der Waals surface area (Å²) in [4.78, 5) is 14.2. The van der Waals surface area contributed by atoms with Gasteiger partial charge in [-0.2, -0.15) is 0 Å². The van der Waals surface area contributed by atoms with Gasteiger partial charge in [0, 0.05) is 31.3 Å². The van der Waals surface area contributed by atoms with Crippen LogP contribution in [0.15, 0.2) is 24.3 Å². The minimum absolute atomic E-state index is 0.0329. The van der Waals surface area contributed by atoms with E-state index in [2.05, 4.69) is 0 Å². The van der Waals surface area contributed by atoms with E-state index in [9.17, 15) is 4.79 Å². The second-order valence-electron chi connectivity index (χ2n) is 5.77. The predicted octanol–water partition coefficient (Wildman–Crippen LogP) is 1.42. The van der Waals surface area contributed by atoms with E-state index in [0.29, 0.717) is 18.7 Å². The molecular weight excluding hydrogens is 268 g/mol. The van der Waals surface area contributed by atoms with Gasteiger partial charge in [0.05, 0.1) is 6.10 Å². The van der Waals surface area contributed by atoms with Gasteiger partial charge in [0.2, 0.25) is 0 Å². The van der Waals surface area contributed by atoms with Gasteiger partial charge in [0.15, 0.2) is 0 Å². The van der Waals surface area contributed by atoms with Crippen molar-refractivity contribution >= 4 is 5.91 Å². The molecule has 1 aromatic rings. The molecule has 1 aromatic carbocycles. The summed E-state index contributed by atoms with van der Waals surface area (Å²) in [5.74, 6) is 0.755. The molecule has 5 heteroatoms. The molecule has 2 aliphatic rings. The summed E-state index contributed by atoms with van der Waals surface area (Å²) >= 11 is 0. The average Bonchev–Trinajstić information content (AvgIpc) is 3.16. The highest BCUT2D eigenvalue weighted by molar-refractivity contribution is 5.94. The molecule has 2 atom stereocenters. The Hall–Kier alpha value is -1.59. The smallest absolute Gasteiger partial charge is 0.254 e. The molecule has 1 unspecified atom stereocenters. The molecule has 2 heterocycles. The highest BCUT2D eigenvalue weighted by atomic mass is 16.5. The number of hydrogen-bond donors (Lipinski definition) is 1. The van der Waals surface area contributed by atoms with Gasteiger partial charge in [0.25, 0.3) is 5.91 Å². The predicted molar refractivity (Wildman–Crippen MR) is 79.4 cm³/mol. The maximum Gasteiger partial charge on any atom is 0.254 e. The first-order valence-electron chi connectivity index (χ1n) is 7.62. The van der Waals surface area contributed by atoms with Gasteiger partial charge in [-0.05, 0) is 37.5 Å². The Bertz CT molecular complexity index is 500.